The van der Waals surface area contributed by atoms with Gasteiger partial charge in [0.2, 0.25) is 0 Å². The number of benzene rings is 1. The number of rotatable bonds is 3. The van der Waals surface area contributed by atoms with Crippen LogP contribution < -0.4 is 5.32 Å². The Hall–Kier alpha value is -2.89. The Bertz CT molecular complexity index is 839. The van der Waals surface area contributed by atoms with E-state index in [1.165, 1.54) is 12.3 Å². The van der Waals surface area contributed by atoms with Gasteiger partial charge in [0.1, 0.15) is 11.8 Å². The molecule has 6 heteroatoms. The van der Waals surface area contributed by atoms with E-state index in [0.29, 0.717) is 17.7 Å². The Balaban J connectivity index is 2.17. The highest BCUT2D eigenvalue weighted by Gasteiger charge is 2.14. The van der Waals surface area contributed by atoms with E-state index in [2.05, 4.69) is 16.4 Å². The lowest BCUT2D eigenvalue weighted by Crippen LogP contribution is -2.25. The van der Waals surface area contributed by atoms with Gasteiger partial charge in [0, 0.05) is 12.7 Å². The molecule has 2 aromatic rings. The number of nitrogens with one attached hydrogen (secondary N) is 1. The SMILES string of the molecule is Cc1cc(C#N)cc(C)c1CNC(=O)c1ncc(C#N)cc1Cl. The summed E-state index contributed by atoms with van der Waals surface area (Å²) in [6, 6.07) is 8.98. The second-order valence-corrected chi connectivity index (χ2v) is 5.46. The lowest BCUT2D eigenvalue weighted by atomic mass is 9.99. The number of amides is 1. The van der Waals surface area contributed by atoms with Gasteiger partial charge in [0.15, 0.2) is 0 Å². The molecule has 0 spiro atoms. The van der Waals surface area contributed by atoms with Crippen molar-refractivity contribution in [2.75, 3.05) is 0 Å². The summed E-state index contributed by atoms with van der Waals surface area (Å²) in [6.07, 6.45) is 1.30. The third-order valence-corrected chi connectivity index (χ3v) is 3.72. The van der Waals surface area contributed by atoms with E-state index in [4.69, 9.17) is 22.1 Å². The first-order valence-electron chi connectivity index (χ1n) is 6.80. The zero-order valence-electron chi connectivity index (χ0n) is 12.6. The lowest BCUT2D eigenvalue weighted by molar-refractivity contribution is 0.0946. The first-order chi connectivity index (χ1) is 11.0. The highest BCUT2D eigenvalue weighted by molar-refractivity contribution is 6.33. The smallest absolute Gasteiger partial charge is 0.271 e. The molecule has 5 nitrogen and oxygen atoms in total. The van der Waals surface area contributed by atoms with E-state index in [9.17, 15) is 4.79 Å². The van der Waals surface area contributed by atoms with Crippen molar-refractivity contribution in [3.63, 3.8) is 0 Å². The van der Waals surface area contributed by atoms with Gasteiger partial charge < -0.3 is 5.32 Å². The first kappa shape index (κ1) is 16.5. The third kappa shape index (κ3) is 3.66. The molecule has 0 unspecified atom stereocenters. The van der Waals surface area contributed by atoms with Crippen LogP contribution in [-0.4, -0.2) is 10.9 Å². The maximum Gasteiger partial charge on any atom is 0.271 e. The molecule has 1 heterocycles. The summed E-state index contributed by atoms with van der Waals surface area (Å²) in [5.74, 6) is -0.414. The van der Waals surface area contributed by atoms with Crippen LogP contribution in [0.3, 0.4) is 0 Å². The topological polar surface area (TPSA) is 89.6 Å². The van der Waals surface area contributed by atoms with E-state index in [1.54, 1.807) is 12.1 Å². The molecule has 2 rings (SSSR count). The maximum atomic E-state index is 12.2. The average Bonchev–Trinajstić information content (AvgIpc) is 2.53. The van der Waals surface area contributed by atoms with Gasteiger partial charge in [-0.1, -0.05) is 11.6 Å². The highest BCUT2D eigenvalue weighted by Crippen LogP contribution is 2.18. The standard InChI is InChI=1S/C17H13ClN4O/c1-10-3-12(6-19)4-11(2)14(10)9-22-17(23)16-15(18)5-13(7-20)8-21-16/h3-5,8H,9H2,1-2H3,(H,22,23). The molecule has 23 heavy (non-hydrogen) atoms. The van der Waals surface area contributed by atoms with E-state index in [1.807, 2.05) is 19.9 Å². The minimum absolute atomic E-state index is 0.0783. The Kier molecular flexibility index (Phi) is 4.95. The van der Waals surface area contributed by atoms with Gasteiger partial charge in [-0.05, 0) is 48.7 Å². The molecule has 1 amide bonds. The van der Waals surface area contributed by atoms with Crippen LogP contribution in [0, 0.1) is 36.5 Å². The molecule has 0 radical (unpaired) electrons. The molecular formula is C17H13ClN4O. The van der Waals surface area contributed by atoms with Crippen LogP contribution in [0.2, 0.25) is 5.02 Å². The number of aryl methyl sites for hydroxylation is 2. The van der Waals surface area contributed by atoms with Crippen molar-refractivity contribution < 1.29 is 4.79 Å². The van der Waals surface area contributed by atoms with Crippen molar-refractivity contribution in [1.29, 1.82) is 10.5 Å². The normalized spacial score (nSPS) is 9.78. The molecule has 0 fully saturated rings. The van der Waals surface area contributed by atoms with Crippen LogP contribution in [0.25, 0.3) is 0 Å². The molecule has 1 aromatic heterocycles. The van der Waals surface area contributed by atoms with Crippen molar-refractivity contribution in [2.24, 2.45) is 0 Å². The number of aromatic nitrogens is 1. The van der Waals surface area contributed by atoms with E-state index in [-0.39, 0.29) is 10.7 Å². The Morgan fingerprint density at radius 3 is 2.30 bits per heavy atom. The number of pyridine rings is 1. The Labute approximate surface area is 139 Å². The van der Waals surface area contributed by atoms with Crippen LogP contribution in [-0.2, 0) is 6.54 Å². The zero-order valence-corrected chi connectivity index (χ0v) is 13.4. The van der Waals surface area contributed by atoms with Gasteiger partial charge in [-0.25, -0.2) is 4.98 Å². The summed E-state index contributed by atoms with van der Waals surface area (Å²) in [5, 5.41) is 20.6. The molecule has 0 aliphatic rings. The van der Waals surface area contributed by atoms with Crippen molar-refractivity contribution in [2.45, 2.75) is 20.4 Å². The van der Waals surface area contributed by atoms with Gasteiger partial charge in [0.25, 0.3) is 5.91 Å². The quantitative estimate of drug-likeness (QED) is 0.939. The number of nitrogens with zero attached hydrogens (tertiary/aromatic N) is 3. The average molecular weight is 325 g/mol. The van der Waals surface area contributed by atoms with Gasteiger partial charge in [-0.15, -0.1) is 0 Å². The highest BCUT2D eigenvalue weighted by atomic mass is 35.5. The van der Waals surface area contributed by atoms with Crippen molar-refractivity contribution in [1.82, 2.24) is 10.3 Å². The summed E-state index contributed by atoms with van der Waals surface area (Å²) in [6.45, 7) is 4.09. The van der Waals surface area contributed by atoms with Crippen molar-refractivity contribution in [3.05, 3.63) is 62.9 Å². The van der Waals surface area contributed by atoms with Crippen LogP contribution in [0.4, 0.5) is 0 Å². The van der Waals surface area contributed by atoms with Crippen LogP contribution >= 0.6 is 11.6 Å². The minimum Gasteiger partial charge on any atom is -0.347 e. The molecule has 0 atom stereocenters. The van der Waals surface area contributed by atoms with Crippen LogP contribution in [0.1, 0.15) is 38.3 Å². The molecule has 0 aliphatic heterocycles. The largest absolute Gasteiger partial charge is 0.347 e. The monoisotopic (exact) mass is 324 g/mol. The minimum atomic E-state index is -0.414. The molecule has 0 aliphatic carbocycles. The summed E-state index contributed by atoms with van der Waals surface area (Å²) >= 11 is 5.98. The number of halogens is 1. The molecule has 0 saturated carbocycles. The second-order valence-electron chi connectivity index (χ2n) is 5.05. The van der Waals surface area contributed by atoms with Gasteiger partial charge >= 0.3 is 0 Å². The number of hydrogen-bond acceptors (Lipinski definition) is 4. The van der Waals surface area contributed by atoms with E-state index in [0.717, 1.165) is 16.7 Å². The summed E-state index contributed by atoms with van der Waals surface area (Å²) in [7, 11) is 0. The second kappa shape index (κ2) is 6.91. The number of nitriles is 2. The fourth-order valence-electron chi connectivity index (χ4n) is 2.26. The molecule has 0 saturated heterocycles. The predicted molar refractivity (Wildman–Crippen MR) is 85.8 cm³/mol. The third-order valence-electron chi connectivity index (χ3n) is 3.44. The Morgan fingerprint density at radius 1 is 1.17 bits per heavy atom. The molecular weight excluding hydrogens is 312 g/mol. The maximum absolute atomic E-state index is 12.2. The molecule has 1 aromatic carbocycles. The Morgan fingerprint density at radius 2 is 1.78 bits per heavy atom. The van der Waals surface area contributed by atoms with Crippen LogP contribution in [0.15, 0.2) is 24.4 Å². The van der Waals surface area contributed by atoms with E-state index >= 15 is 0 Å². The first-order valence-corrected chi connectivity index (χ1v) is 7.18. The summed E-state index contributed by atoms with van der Waals surface area (Å²) in [4.78, 5) is 16.1. The van der Waals surface area contributed by atoms with Crippen molar-refractivity contribution in [3.8, 4) is 12.1 Å². The number of carbonyl (C=O) groups is 1. The fourth-order valence-corrected chi connectivity index (χ4v) is 2.51. The summed E-state index contributed by atoms with van der Waals surface area (Å²) in [5.41, 5.74) is 3.77. The predicted octanol–water partition coefficient (Wildman–Crippen LogP) is 3.03. The van der Waals surface area contributed by atoms with Crippen LogP contribution in [0.5, 0.6) is 0 Å². The van der Waals surface area contributed by atoms with E-state index < -0.39 is 5.91 Å². The summed E-state index contributed by atoms with van der Waals surface area (Å²) < 4.78 is 0. The molecule has 1 N–H and O–H groups in total. The molecule has 114 valence electrons. The van der Waals surface area contributed by atoms with Gasteiger partial charge in [-0.2, -0.15) is 10.5 Å². The van der Waals surface area contributed by atoms with Crippen molar-refractivity contribution >= 4 is 17.5 Å². The molecule has 0 bridgehead atoms. The van der Waals surface area contributed by atoms with Gasteiger partial charge in [0.05, 0.1) is 22.2 Å². The number of hydrogen-bond donors (Lipinski definition) is 1. The number of carbonyl (C=O) groups excluding carboxylic acids is 1. The zero-order chi connectivity index (χ0) is 17.0. The fraction of sp³-hybridized carbons (Fsp3) is 0.176. The lowest BCUT2D eigenvalue weighted by Gasteiger charge is -2.12. The van der Waals surface area contributed by atoms with Gasteiger partial charge in [-0.3, -0.25) is 4.79 Å².